The molecule has 4 rings (SSSR count). The Bertz CT molecular complexity index is 1170. The van der Waals surface area contributed by atoms with Gasteiger partial charge >= 0.3 is 0 Å². The van der Waals surface area contributed by atoms with Crippen molar-refractivity contribution in [2.24, 2.45) is 0 Å². The molecule has 0 bridgehead atoms. The summed E-state index contributed by atoms with van der Waals surface area (Å²) in [7, 11) is 0. The van der Waals surface area contributed by atoms with E-state index in [0.717, 1.165) is 11.1 Å². The van der Waals surface area contributed by atoms with Gasteiger partial charge in [0.25, 0.3) is 0 Å². The van der Waals surface area contributed by atoms with Gasteiger partial charge in [0.1, 0.15) is 18.9 Å². The molecule has 0 amide bonds. The Hall–Kier alpha value is -3.93. The molecule has 2 heterocycles. The average molecular weight is 415 g/mol. The molecule has 156 valence electrons. The zero-order valence-corrected chi connectivity index (χ0v) is 17.1. The molecule has 0 fully saturated rings. The van der Waals surface area contributed by atoms with Gasteiger partial charge in [0.05, 0.1) is 16.9 Å². The summed E-state index contributed by atoms with van der Waals surface area (Å²) in [4.78, 5) is 8.81. The van der Waals surface area contributed by atoms with Gasteiger partial charge in [-0.05, 0) is 24.1 Å². The lowest BCUT2D eigenvalue weighted by Crippen LogP contribution is -2.04. The first-order valence-corrected chi connectivity index (χ1v) is 9.87. The molecule has 31 heavy (non-hydrogen) atoms. The van der Waals surface area contributed by atoms with E-state index in [2.05, 4.69) is 9.97 Å². The van der Waals surface area contributed by atoms with Crippen LogP contribution >= 0.6 is 0 Å². The maximum absolute atomic E-state index is 14.7. The highest BCUT2D eigenvalue weighted by molar-refractivity contribution is 5.68. The standard InChI is InChI=1S/C25H22FN3O2/c1-17-22(27)14-21(26)24(28-17)20-12-13-23(30-15-18-8-4-2-5-9-18)29-25(20)31-16-19-10-6-3-7-11-19/h2-14H,15-16,27H2,1H3. The van der Waals surface area contributed by atoms with Crippen molar-refractivity contribution in [2.45, 2.75) is 20.1 Å². The lowest BCUT2D eigenvalue weighted by Gasteiger charge is -2.14. The van der Waals surface area contributed by atoms with Crippen LogP contribution < -0.4 is 15.2 Å². The molecule has 2 N–H and O–H groups in total. The number of nitrogens with two attached hydrogens (primary N) is 1. The van der Waals surface area contributed by atoms with E-state index in [0.29, 0.717) is 29.4 Å². The highest BCUT2D eigenvalue weighted by atomic mass is 19.1. The number of halogens is 1. The molecule has 0 saturated heterocycles. The van der Waals surface area contributed by atoms with Crippen LogP contribution in [0.15, 0.2) is 78.9 Å². The lowest BCUT2D eigenvalue weighted by molar-refractivity contribution is 0.268. The lowest BCUT2D eigenvalue weighted by atomic mass is 10.1. The molecule has 0 unspecified atom stereocenters. The zero-order chi connectivity index (χ0) is 21.6. The summed E-state index contributed by atoms with van der Waals surface area (Å²) >= 11 is 0. The molecule has 2 aromatic heterocycles. The SMILES string of the molecule is Cc1nc(-c2ccc(OCc3ccccc3)nc2OCc2ccccc2)c(F)cc1N. The van der Waals surface area contributed by atoms with E-state index in [-0.39, 0.29) is 18.2 Å². The van der Waals surface area contributed by atoms with Crippen molar-refractivity contribution in [3.8, 4) is 23.0 Å². The van der Waals surface area contributed by atoms with Crippen molar-refractivity contribution in [1.29, 1.82) is 0 Å². The summed E-state index contributed by atoms with van der Waals surface area (Å²) in [5.41, 5.74) is 9.17. The molecule has 6 heteroatoms. The van der Waals surface area contributed by atoms with E-state index in [1.807, 2.05) is 60.7 Å². The van der Waals surface area contributed by atoms with Crippen LogP contribution in [-0.4, -0.2) is 9.97 Å². The van der Waals surface area contributed by atoms with Gasteiger partial charge in [0.2, 0.25) is 11.8 Å². The first kappa shape index (κ1) is 20.3. The van der Waals surface area contributed by atoms with E-state index >= 15 is 0 Å². The van der Waals surface area contributed by atoms with Gasteiger partial charge in [-0.2, -0.15) is 4.98 Å². The Morgan fingerprint density at radius 1 is 0.806 bits per heavy atom. The van der Waals surface area contributed by atoms with Gasteiger partial charge < -0.3 is 15.2 Å². The number of nitrogens with zero attached hydrogens (tertiary/aromatic N) is 2. The number of nitrogen functional groups attached to an aromatic ring is 1. The summed E-state index contributed by atoms with van der Waals surface area (Å²) in [6, 6.07) is 24.1. The van der Waals surface area contributed by atoms with Crippen LogP contribution in [0, 0.1) is 12.7 Å². The summed E-state index contributed by atoms with van der Waals surface area (Å²) in [6.07, 6.45) is 0. The number of pyridine rings is 2. The quantitative estimate of drug-likeness (QED) is 0.442. The fourth-order valence-corrected chi connectivity index (χ4v) is 3.04. The normalized spacial score (nSPS) is 10.6. The molecular formula is C25H22FN3O2. The Labute approximate surface area is 180 Å². The van der Waals surface area contributed by atoms with E-state index in [4.69, 9.17) is 15.2 Å². The predicted molar refractivity (Wildman–Crippen MR) is 118 cm³/mol. The minimum absolute atomic E-state index is 0.136. The number of hydrogen-bond acceptors (Lipinski definition) is 5. The van der Waals surface area contributed by atoms with Crippen molar-refractivity contribution < 1.29 is 13.9 Å². The summed E-state index contributed by atoms with van der Waals surface area (Å²) in [5.74, 6) is 0.0839. The minimum atomic E-state index is -0.535. The minimum Gasteiger partial charge on any atom is -0.473 e. The van der Waals surface area contributed by atoms with Crippen LogP contribution in [0.25, 0.3) is 11.3 Å². The predicted octanol–water partition coefficient (Wildman–Crippen LogP) is 5.33. The fraction of sp³-hybridized carbons (Fsp3) is 0.120. The van der Waals surface area contributed by atoms with Gasteiger partial charge in [-0.25, -0.2) is 9.37 Å². The maximum Gasteiger partial charge on any atom is 0.226 e. The third-order valence-electron chi connectivity index (χ3n) is 4.74. The molecule has 0 atom stereocenters. The zero-order valence-electron chi connectivity index (χ0n) is 17.1. The van der Waals surface area contributed by atoms with Crippen LogP contribution in [0.1, 0.15) is 16.8 Å². The van der Waals surface area contributed by atoms with Crippen LogP contribution in [0.2, 0.25) is 0 Å². The Morgan fingerprint density at radius 3 is 2.06 bits per heavy atom. The first-order valence-electron chi connectivity index (χ1n) is 9.87. The van der Waals surface area contributed by atoms with Gasteiger partial charge in [-0.3, -0.25) is 0 Å². The van der Waals surface area contributed by atoms with Crippen molar-refractivity contribution in [1.82, 2.24) is 9.97 Å². The van der Waals surface area contributed by atoms with Crippen molar-refractivity contribution in [3.63, 3.8) is 0 Å². The second kappa shape index (κ2) is 9.26. The van der Waals surface area contributed by atoms with E-state index in [9.17, 15) is 4.39 Å². The fourth-order valence-electron chi connectivity index (χ4n) is 3.04. The molecule has 4 aromatic rings. The van der Waals surface area contributed by atoms with E-state index < -0.39 is 5.82 Å². The summed E-state index contributed by atoms with van der Waals surface area (Å²) in [5, 5.41) is 0. The highest BCUT2D eigenvalue weighted by Gasteiger charge is 2.17. The van der Waals surface area contributed by atoms with Crippen LogP contribution in [0.3, 0.4) is 0 Å². The average Bonchev–Trinajstić information content (AvgIpc) is 2.80. The Kier molecular flexibility index (Phi) is 6.08. The van der Waals surface area contributed by atoms with Crippen LogP contribution in [-0.2, 0) is 13.2 Å². The molecule has 0 aliphatic carbocycles. The number of anilines is 1. The van der Waals surface area contributed by atoms with Gasteiger partial charge in [0.15, 0.2) is 5.82 Å². The topological polar surface area (TPSA) is 70.3 Å². The third-order valence-corrected chi connectivity index (χ3v) is 4.74. The number of benzene rings is 2. The smallest absolute Gasteiger partial charge is 0.226 e. The number of aromatic nitrogens is 2. The highest BCUT2D eigenvalue weighted by Crippen LogP contribution is 2.33. The van der Waals surface area contributed by atoms with Crippen LogP contribution in [0.5, 0.6) is 11.8 Å². The Morgan fingerprint density at radius 2 is 1.42 bits per heavy atom. The maximum atomic E-state index is 14.7. The molecule has 0 spiro atoms. The first-order chi connectivity index (χ1) is 15.1. The van der Waals surface area contributed by atoms with Crippen molar-refractivity contribution in [3.05, 3.63) is 102 Å². The Balaban J connectivity index is 1.65. The summed E-state index contributed by atoms with van der Waals surface area (Å²) < 4.78 is 26.5. The van der Waals surface area contributed by atoms with Crippen molar-refractivity contribution >= 4 is 5.69 Å². The van der Waals surface area contributed by atoms with E-state index in [1.165, 1.54) is 6.07 Å². The summed E-state index contributed by atoms with van der Waals surface area (Å²) in [6.45, 7) is 2.37. The van der Waals surface area contributed by atoms with Gasteiger partial charge in [0, 0.05) is 12.1 Å². The monoisotopic (exact) mass is 415 g/mol. The van der Waals surface area contributed by atoms with E-state index in [1.54, 1.807) is 19.1 Å². The third kappa shape index (κ3) is 4.98. The largest absolute Gasteiger partial charge is 0.473 e. The van der Waals surface area contributed by atoms with Gasteiger partial charge in [-0.15, -0.1) is 0 Å². The second-order valence-electron chi connectivity index (χ2n) is 7.04. The number of aryl methyl sites for hydroxylation is 1. The number of rotatable bonds is 7. The molecule has 0 aliphatic heterocycles. The molecule has 0 radical (unpaired) electrons. The molecular weight excluding hydrogens is 393 g/mol. The molecule has 2 aromatic carbocycles. The second-order valence-corrected chi connectivity index (χ2v) is 7.04. The van der Waals surface area contributed by atoms with Gasteiger partial charge in [-0.1, -0.05) is 60.7 Å². The molecule has 0 aliphatic rings. The van der Waals surface area contributed by atoms with Crippen molar-refractivity contribution in [2.75, 3.05) is 5.73 Å². The number of hydrogen-bond donors (Lipinski definition) is 1. The molecule has 5 nitrogen and oxygen atoms in total. The number of ether oxygens (including phenoxy) is 2. The van der Waals surface area contributed by atoms with Crippen LogP contribution in [0.4, 0.5) is 10.1 Å². The molecule has 0 saturated carbocycles.